The van der Waals surface area contributed by atoms with Crippen molar-refractivity contribution in [2.45, 2.75) is 63.2 Å². The second-order valence-electron chi connectivity index (χ2n) is 7.65. The van der Waals surface area contributed by atoms with Crippen molar-refractivity contribution in [2.24, 2.45) is 0 Å². The number of ether oxygens (including phenoxy) is 1. The molecule has 0 bridgehead atoms. The molecule has 0 aliphatic rings. The molecule has 7 heteroatoms. The van der Waals surface area contributed by atoms with Crippen molar-refractivity contribution >= 4 is 16.1 Å². The van der Waals surface area contributed by atoms with Gasteiger partial charge in [-0.25, -0.2) is 8.42 Å². The van der Waals surface area contributed by atoms with Crippen LogP contribution in [0.15, 0.2) is 29.2 Å². The third-order valence-electron chi connectivity index (χ3n) is 4.61. The molecule has 0 aliphatic heterocycles. The molecule has 0 amide bonds. The molecule has 0 atom stereocenters. The van der Waals surface area contributed by atoms with Crippen LogP contribution in [-0.2, 0) is 14.9 Å². The molecule has 1 aromatic carbocycles. The van der Waals surface area contributed by atoms with Gasteiger partial charge in [0.15, 0.2) is 0 Å². The van der Waals surface area contributed by atoms with Crippen molar-refractivity contribution < 1.29 is 27.0 Å². The monoisotopic (exact) mass is 399 g/mol. The lowest BCUT2D eigenvalue weighted by atomic mass is 10.1. The van der Waals surface area contributed by atoms with Gasteiger partial charge in [0, 0.05) is 6.42 Å². The predicted molar refractivity (Wildman–Crippen MR) is 104 cm³/mol. The number of hydrogen-bond donors (Lipinski definition) is 0. The summed E-state index contributed by atoms with van der Waals surface area (Å²) < 4.78 is 38.7. The summed E-state index contributed by atoms with van der Waals surface area (Å²) >= 11 is 0. The van der Waals surface area contributed by atoms with Gasteiger partial charge >= 0.3 is 5.97 Å². The molecule has 1 aromatic rings. The Morgan fingerprint density at radius 2 is 1.52 bits per heavy atom. The quantitative estimate of drug-likeness (QED) is 0.166. The fraction of sp³-hybridized carbons (Fsp3) is 0.650. The second-order valence-corrected chi connectivity index (χ2v) is 9.03. The minimum atomic E-state index is -4.49. The number of carbonyl (C=O) groups is 1. The maximum Gasteiger partial charge on any atom is 0.311 e. The molecule has 0 radical (unpaired) electrons. The fourth-order valence-electron chi connectivity index (χ4n) is 2.94. The molecule has 0 aromatic heterocycles. The average Bonchev–Trinajstić information content (AvgIpc) is 2.57. The van der Waals surface area contributed by atoms with Gasteiger partial charge in [0.1, 0.15) is 15.9 Å². The van der Waals surface area contributed by atoms with Crippen molar-refractivity contribution in [3.05, 3.63) is 24.3 Å². The summed E-state index contributed by atoms with van der Waals surface area (Å²) in [5, 5.41) is 0. The lowest BCUT2D eigenvalue weighted by Gasteiger charge is -2.29. The summed E-state index contributed by atoms with van der Waals surface area (Å²) in [5.41, 5.74) is 0. The molecule has 0 saturated carbocycles. The largest absolute Gasteiger partial charge is 0.744 e. The number of hydrogen-bond acceptors (Lipinski definition) is 5. The molecule has 6 nitrogen and oxygen atoms in total. The highest BCUT2D eigenvalue weighted by Gasteiger charge is 2.15. The van der Waals surface area contributed by atoms with Crippen molar-refractivity contribution in [3.63, 3.8) is 0 Å². The number of quaternary nitrogens is 1. The van der Waals surface area contributed by atoms with Crippen LogP contribution in [0.1, 0.15) is 58.3 Å². The van der Waals surface area contributed by atoms with E-state index in [0.29, 0.717) is 6.42 Å². The molecule has 0 spiro atoms. The summed E-state index contributed by atoms with van der Waals surface area (Å²) in [7, 11) is -0.126. The Hall–Kier alpha value is -1.44. The van der Waals surface area contributed by atoms with Gasteiger partial charge in [-0.1, -0.05) is 32.6 Å². The first-order valence-electron chi connectivity index (χ1n) is 9.73. The molecule has 1 rings (SSSR count). The Kier molecular flexibility index (Phi) is 9.98. The minimum absolute atomic E-state index is 0.244. The van der Waals surface area contributed by atoms with Crippen LogP contribution in [0.2, 0.25) is 0 Å². The van der Waals surface area contributed by atoms with Gasteiger partial charge in [0.05, 0.1) is 38.5 Å². The molecular formula is C20H33NO5S. The van der Waals surface area contributed by atoms with Crippen LogP contribution >= 0.6 is 0 Å². The maximum atomic E-state index is 11.9. The standard InChI is InChI=1S/C20H33NO5S/c1-4-5-6-7-8-9-16-21(2,3)17-10-11-20(22)26-18-12-14-19(15-13-18)27(23,24)25/h12-15H,4-11,16-17H2,1-3H3. The summed E-state index contributed by atoms with van der Waals surface area (Å²) in [4.78, 5) is 11.6. The highest BCUT2D eigenvalue weighted by molar-refractivity contribution is 7.85. The third-order valence-corrected chi connectivity index (χ3v) is 5.45. The zero-order valence-electron chi connectivity index (χ0n) is 16.8. The van der Waals surface area contributed by atoms with Crippen LogP contribution in [0.5, 0.6) is 5.75 Å². The van der Waals surface area contributed by atoms with E-state index in [9.17, 15) is 17.8 Å². The van der Waals surface area contributed by atoms with Crippen LogP contribution in [0, 0.1) is 0 Å². The average molecular weight is 400 g/mol. The van der Waals surface area contributed by atoms with Gasteiger partial charge in [-0.15, -0.1) is 0 Å². The summed E-state index contributed by atoms with van der Waals surface area (Å²) in [6.07, 6.45) is 8.70. The van der Waals surface area contributed by atoms with E-state index in [4.69, 9.17) is 4.74 Å². The van der Waals surface area contributed by atoms with E-state index in [1.165, 1.54) is 50.7 Å². The predicted octanol–water partition coefficient (Wildman–Crippen LogP) is 3.71. The molecule has 27 heavy (non-hydrogen) atoms. The number of carbonyl (C=O) groups excluding carboxylic acids is 1. The zero-order chi connectivity index (χ0) is 20.3. The van der Waals surface area contributed by atoms with E-state index in [-0.39, 0.29) is 16.6 Å². The Bertz CT molecular complexity index is 668. The van der Waals surface area contributed by atoms with Crippen LogP contribution in [0.4, 0.5) is 0 Å². The van der Waals surface area contributed by atoms with Gasteiger partial charge in [-0.05, 0) is 37.1 Å². The Morgan fingerprint density at radius 3 is 2.11 bits per heavy atom. The van der Waals surface area contributed by atoms with Crippen molar-refractivity contribution in [1.29, 1.82) is 0 Å². The molecule has 0 N–H and O–H groups in total. The van der Waals surface area contributed by atoms with Crippen LogP contribution < -0.4 is 4.74 Å². The fourth-order valence-corrected chi connectivity index (χ4v) is 3.41. The number of esters is 1. The topological polar surface area (TPSA) is 83.5 Å². The van der Waals surface area contributed by atoms with E-state index in [0.717, 1.165) is 36.1 Å². The second kappa shape index (κ2) is 11.4. The van der Waals surface area contributed by atoms with Crippen molar-refractivity contribution in [3.8, 4) is 5.75 Å². The molecule has 0 fully saturated rings. The normalized spacial score (nSPS) is 12.1. The van der Waals surface area contributed by atoms with E-state index < -0.39 is 10.1 Å². The molecular weight excluding hydrogens is 366 g/mol. The van der Waals surface area contributed by atoms with Crippen molar-refractivity contribution in [2.75, 3.05) is 27.2 Å². The summed E-state index contributed by atoms with van der Waals surface area (Å²) in [6, 6.07) is 4.93. The first kappa shape index (κ1) is 23.6. The smallest absolute Gasteiger partial charge is 0.311 e. The Balaban J connectivity index is 2.27. The lowest BCUT2D eigenvalue weighted by Crippen LogP contribution is -2.41. The lowest BCUT2D eigenvalue weighted by molar-refractivity contribution is -0.890. The van der Waals surface area contributed by atoms with E-state index in [2.05, 4.69) is 21.0 Å². The summed E-state index contributed by atoms with van der Waals surface area (Å²) in [6.45, 7) is 4.22. The van der Waals surface area contributed by atoms with E-state index >= 15 is 0 Å². The number of unbranched alkanes of at least 4 members (excludes halogenated alkanes) is 5. The van der Waals surface area contributed by atoms with Crippen molar-refractivity contribution in [1.82, 2.24) is 0 Å². The van der Waals surface area contributed by atoms with E-state index in [1.807, 2.05) is 0 Å². The van der Waals surface area contributed by atoms with Crippen LogP contribution in [0.3, 0.4) is 0 Å². The Labute approximate surface area is 163 Å². The number of benzene rings is 1. The van der Waals surface area contributed by atoms with E-state index in [1.54, 1.807) is 0 Å². The maximum absolute atomic E-state index is 11.9. The first-order chi connectivity index (χ1) is 12.6. The van der Waals surface area contributed by atoms with Gasteiger partial charge in [-0.2, -0.15) is 0 Å². The van der Waals surface area contributed by atoms with Gasteiger partial charge < -0.3 is 13.8 Å². The Morgan fingerprint density at radius 1 is 0.963 bits per heavy atom. The third kappa shape index (κ3) is 10.5. The molecule has 154 valence electrons. The minimum Gasteiger partial charge on any atom is -0.744 e. The molecule has 0 saturated heterocycles. The first-order valence-corrected chi connectivity index (χ1v) is 11.1. The van der Waals surface area contributed by atoms with Crippen LogP contribution in [-0.4, -0.2) is 50.6 Å². The zero-order valence-corrected chi connectivity index (χ0v) is 17.6. The number of nitrogens with zero attached hydrogens (tertiary/aromatic N) is 1. The summed E-state index contributed by atoms with van der Waals surface area (Å²) in [5.74, 6) is -0.111. The molecule has 0 heterocycles. The highest BCUT2D eigenvalue weighted by atomic mass is 32.2. The van der Waals surface area contributed by atoms with Crippen LogP contribution in [0.25, 0.3) is 0 Å². The SMILES string of the molecule is CCCCCCCC[N+](C)(C)CCCC(=O)Oc1ccc(S(=O)(=O)[O-])cc1. The molecule has 0 aliphatic carbocycles. The highest BCUT2D eigenvalue weighted by Crippen LogP contribution is 2.16. The number of rotatable bonds is 13. The van der Waals surface area contributed by atoms with Gasteiger partial charge in [-0.3, -0.25) is 4.79 Å². The van der Waals surface area contributed by atoms with Gasteiger partial charge in [0.2, 0.25) is 0 Å². The van der Waals surface area contributed by atoms with Gasteiger partial charge in [0.25, 0.3) is 0 Å². The molecule has 0 unspecified atom stereocenters.